The summed E-state index contributed by atoms with van der Waals surface area (Å²) in [4.78, 5) is 35.2. The van der Waals surface area contributed by atoms with Gasteiger partial charge in [-0.3, -0.25) is 14.1 Å². The Kier molecular flexibility index (Phi) is 10.3. The van der Waals surface area contributed by atoms with E-state index in [0.717, 1.165) is 130 Å². The summed E-state index contributed by atoms with van der Waals surface area (Å²) < 4.78 is 13.8. The second-order valence-corrected chi connectivity index (χ2v) is 25.0. The summed E-state index contributed by atoms with van der Waals surface area (Å²) in [7, 11) is 0. The van der Waals surface area contributed by atoms with Crippen LogP contribution in [0.1, 0.15) is 0 Å². The molecular formula is C77H43N11S2. The van der Waals surface area contributed by atoms with Crippen LogP contribution >= 0.6 is 22.7 Å². The molecule has 0 amide bonds. The molecule has 10 aromatic carbocycles. The van der Waals surface area contributed by atoms with Gasteiger partial charge in [0, 0.05) is 105 Å². The van der Waals surface area contributed by atoms with E-state index in [4.69, 9.17) is 29.9 Å². The fraction of sp³-hybridized carbons (Fsp3) is 0. The van der Waals surface area contributed by atoms with Gasteiger partial charge in [-0.2, -0.15) is 0 Å². The molecular weight excluding hydrogens is 1140 g/mol. The molecule has 0 aliphatic carbocycles. The molecule has 0 radical (unpaired) electrons. The molecule has 0 saturated heterocycles. The third kappa shape index (κ3) is 7.12. The Bertz CT molecular complexity index is 6380. The first kappa shape index (κ1) is 49.4. The summed E-state index contributed by atoms with van der Waals surface area (Å²) in [5.41, 5.74) is 15.9. The normalized spacial score (nSPS) is 12.2. The standard InChI is InChI=1S/C77H43N11S2/c1-7-20-59-49(14-1)50-15-2-8-21-60(50)85(59)47-28-31-66-56(42-47)53-18-5-11-24-63(53)88(66)77-72-70(82-75(84-77)74-79-36-13-37-80-74)58-41-46(27-33-68(58)90-72)45-26-30-64-55(40-45)51-16-3-9-22-61(51)86(64)48-29-32-65-57(43-48)52-17-4-10-23-62(52)87(65)76-71-69(54-19-6-12-25-67(54)89-71)81-73(83-76)44-34-38-78-39-35-44/h1-43H. The maximum Gasteiger partial charge on any atom is 0.200 e. The molecule has 0 N–H and O–H groups in total. The highest BCUT2D eigenvalue weighted by molar-refractivity contribution is 7.26. The zero-order valence-electron chi connectivity index (χ0n) is 47.6. The van der Waals surface area contributed by atoms with Crippen molar-refractivity contribution in [3.63, 3.8) is 0 Å². The molecule has 20 aromatic rings. The average molecular weight is 1190 g/mol. The lowest BCUT2D eigenvalue weighted by Crippen LogP contribution is -2.03. The van der Waals surface area contributed by atoms with Crippen molar-refractivity contribution in [2.75, 3.05) is 0 Å². The number of benzene rings is 10. The topological polar surface area (TPSA) is 110 Å². The van der Waals surface area contributed by atoms with Crippen LogP contribution < -0.4 is 0 Å². The Morgan fingerprint density at radius 1 is 0.256 bits per heavy atom. The van der Waals surface area contributed by atoms with Gasteiger partial charge in [-0.25, -0.2) is 29.9 Å². The lowest BCUT2D eigenvalue weighted by Gasteiger charge is -2.12. The number of thiophene rings is 2. The number of aromatic nitrogens is 11. The second kappa shape index (κ2) is 18.9. The van der Waals surface area contributed by atoms with Gasteiger partial charge in [0.05, 0.1) is 64.6 Å². The monoisotopic (exact) mass is 1190 g/mol. The molecule has 418 valence electrons. The molecule has 0 aliphatic rings. The summed E-state index contributed by atoms with van der Waals surface area (Å²) in [6.07, 6.45) is 7.11. The van der Waals surface area contributed by atoms with Gasteiger partial charge in [0.1, 0.15) is 0 Å². The lowest BCUT2D eigenvalue weighted by atomic mass is 10.0. The summed E-state index contributed by atoms with van der Waals surface area (Å²) in [5, 5.41) is 11.5. The number of rotatable bonds is 7. The summed E-state index contributed by atoms with van der Waals surface area (Å²) in [6, 6.07) is 85.2. The van der Waals surface area contributed by atoms with E-state index in [1.807, 2.05) is 18.2 Å². The van der Waals surface area contributed by atoms with Crippen molar-refractivity contribution >= 4 is 151 Å². The maximum absolute atomic E-state index is 5.43. The smallest absolute Gasteiger partial charge is 0.200 e. The van der Waals surface area contributed by atoms with Crippen molar-refractivity contribution in [1.82, 2.24) is 53.2 Å². The van der Waals surface area contributed by atoms with E-state index in [1.54, 1.807) is 47.5 Å². The second-order valence-electron chi connectivity index (χ2n) is 22.9. The van der Waals surface area contributed by atoms with Crippen LogP contribution in [-0.4, -0.2) is 53.2 Å². The highest BCUT2D eigenvalue weighted by Gasteiger charge is 2.26. The van der Waals surface area contributed by atoms with Gasteiger partial charge in [0.15, 0.2) is 29.1 Å². The first-order chi connectivity index (χ1) is 44.6. The SMILES string of the molecule is c1cnc(-c2nc(-n3c4ccccc4c4cc(-n5c6ccccc6c6ccccc65)ccc43)c3sc4ccc(-c5ccc6c(c5)c5ccccc5n6-c5ccc6c(c5)c5ccccc5n6-c5nc(-c6ccncc6)nc6c5sc5ccccc56)cc4c3n2)nc1. The molecule has 10 heterocycles. The van der Waals surface area contributed by atoms with Crippen LogP contribution in [0.4, 0.5) is 0 Å². The van der Waals surface area contributed by atoms with Crippen LogP contribution in [0.15, 0.2) is 261 Å². The van der Waals surface area contributed by atoms with E-state index >= 15 is 0 Å². The van der Waals surface area contributed by atoms with Gasteiger partial charge < -0.3 is 9.13 Å². The predicted molar refractivity (Wildman–Crippen MR) is 370 cm³/mol. The maximum atomic E-state index is 5.43. The van der Waals surface area contributed by atoms with Crippen LogP contribution in [0.5, 0.6) is 0 Å². The van der Waals surface area contributed by atoms with Crippen molar-refractivity contribution in [3.8, 4) is 57.2 Å². The fourth-order valence-electron chi connectivity index (χ4n) is 14.1. The highest BCUT2D eigenvalue weighted by Crippen LogP contribution is 2.46. The molecule has 90 heavy (non-hydrogen) atoms. The quantitative estimate of drug-likeness (QED) is 0.156. The van der Waals surface area contributed by atoms with Crippen molar-refractivity contribution in [3.05, 3.63) is 261 Å². The zero-order chi connectivity index (χ0) is 58.7. The van der Waals surface area contributed by atoms with Gasteiger partial charge in [0.2, 0.25) is 0 Å². The van der Waals surface area contributed by atoms with E-state index in [1.165, 1.54) is 37.3 Å². The third-order valence-corrected chi connectivity index (χ3v) is 20.4. The first-order valence-corrected chi connectivity index (χ1v) is 31.5. The molecule has 0 fully saturated rings. The van der Waals surface area contributed by atoms with E-state index < -0.39 is 0 Å². The first-order valence-electron chi connectivity index (χ1n) is 29.8. The summed E-state index contributed by atoms with van der Waals surface area (Å²) >= 11 is 3.46. The summed E-state index contributed by atoms with van der Waals surface area (Å²) in [5.74, 6) is 3.24. The van der Waals surface area contributed by atoms with E-state index in [2.05, 4.69) is 242 Å². The molecule has 0 atom stereocenters. The molecule has 0 bridgehead atoms. The number of pyridine rings is 1. The van der Waals surface area contributed by atoms with Crippen LogP contribution in [0.2, 0.25) is 0 Å². The van der Waals surface area contributed by atoms with Gasteiger partial charge >= 0.3 is 0 Å². The average Bonchev–Trinajstić information content (AvgIpc) is 1.65. The van der Waals surface area contributed by atoms with Crippen LogP contribution in [0.25, 0.3) is 185 Å². The molecule has 20 rings (SSSR count). The molecule has 0 unspecified atom stereocenters. The number of para-hydroxylation sites is 5. The fourth-order valence-corrected chi connectivity index (χ4v) is 16.3. The molecule has 10 aromatic heterocycles. The third-order valence-electron chi connectivity index (χ3n) is 18.0. The number of hydrogen-bond donors (Lipinski definition) is 0. The van der Waals surface area contributed by atoms with Gasteiger partial charge in [-0.05, 0) is 126 Å². The lowest BCUT2D eigenvalue weighted by molar-refractivity contribution is 1.04. The van der Waals surface area contributed by atoms with Crippen molar-refractivity contribution in [1.29, 1.82) is 0 Å². The molecule has 11 nitrogen and oxygen atoms in total. The minimum absolute atomic E-state index is 0.464. The predicted octanol–water partition coefficient (Wildman–Crippen LogP) is 19.6. The van der Waals surface area contributed by atoms with E-state index in [-0.39, 0.29) is 0 Å². The Labute approximate surface area is 519 Å². The Balaban J connectivity index is 0.740. The van der Waals surface area contributed by atoms with Crippen molar-refractivity contribution in [2.45, 2.75) is 0 Å². The molecule has 0 saturated carbocycles. The van der Waals surface area contributed by atoms with Crippen molar-refractivity contribution in [2.24, 2.45) is 0 Å². The Morgan fingerprint density at radius 2 is 0.656 bits per heavy atom. The van der Waals surface area contributed by atoms with E-state index in [9.17, 15) is 0 Å². The minimum atomic E-state index is 0.464. The van der Waals surface area contributed by atoms with E-state index in [0.29, 0.717) is 17.5 Å². The minimum Gasteiger partial charge on any atom is -0.309 e. The molecule has 0 spiro atoms. The van der Waals surface area contributed by atoms with Crippen LogP contribution in [0, 0.1) is 0 Å². The summed E-state index contributed by atoms with van der Waals surface area (Å²) in [6.45, 7) is 0. The number of fused-ring (bicyclic) bond motifs is 18. The van der Waals surface area contributed by atoms with Gasteiger partial charge in [0.25, 0.3) is 0 Å². The van der Waals surface area contributed by atoms with Crippen LogP contribution in [-0.2, 0) is 0 Å². The highest BCUT2D eigenvalue weighted by atomic mass is 32.1. The number of nitrogens with zero attached hydrogens (tertiary/aromatic N) is 11. The van der Waals surface area contributed by atoms with Gasteiger partial charge in [-0.15, -0.1) is 22.7 Å². The molecule has 13 heteroatoms. The largest absolute Gasteiger partial charge is 0.309 e. The van der Waals surface area contributed by atoms with Crippen LogP contribution in [0.3, 0.4) is 0 Å². The van der Waals surface area contributed by atoms with Gasteiger partial charge in [-0.1, -0.05) is 121 Å². The molecule has 0 aliphatic heterocycles. The zero-order valence-corrected chi connectivity index (χ0v) is 49.2. The number of hydrogen-bond acceptors (Lipinski definition) is 9. The van der Waals surface area contributed by atoms with Crippen molar-refractivity contribution < 1.29 is 0 Å². The Morgan fingerprint density at radius 3 is 1.22 bits per heavy atom. The Hall–Kier alpha value is -11.8.